The Morgan fingerprint density at radius 1 is 1.43 bits per heavy atom. The fourth-order valence-corrected chi connectivity index (χ4v) is 1.99. The van der Waals surface area contributed by atoms with E-state index in [1.807, 2.05) is 0 Å². The first-order valence-electron chi connectivity index (χ1n) is 6.58. The quantitative estimate of drug-likeness (QED) is 0.492. The van der Waals surface area contributed by atoms with Crippen molar-refractivity contribution in [3.63, 3.8) is 0 Å². The molecule has 1 aromatic rings. The van der Waals surface area contributed by atoms with Gasteiger partial charge in [-0.2, -0.15) is 0 Å². The third kappa shape index (κ3) is 4.09. The van der Waals surface area contributed by atoms with Crippen molar-refractivity contribution in [2.45, 2.75) is 0 Å². The average molecular weight is 294 g/mol. The van der Waals surface area contributed by atoms with Crippen LogP contribution in [0.1, 0.15) is 5.56 Å². The molecule has 7 heteroatoms. The molecule has 1 aliphatic rings. The van der Waals surface area contributed by atoms with E-state index in [0.717, 1.165) is 0 Å². The molecule has 0 atom stereocenters. The van der Waals surface area contributed by atoms with Crippen molar-refractivity contribution in [3.05, 3.63) is 23.8 Å². The standard InChI is InChI=1S/C14H18N2O5/c1-19-13-8-11(9-15-18)2-3-12(13)21-10-14(17)16-4-6-20-7-5-16/h2-3,8-9,18H,4-7,10H2,1H3. The molecule has 1 aromatic carbocycles. The minimum atomic E-state index is -0.0821. The molecule has 1 aliphatic heterocycles. The van der Waals surface area contributed by atoms with Gasteiger partial charge in [-0.15, -0.1) is 0 Å². The van der Waals surface area contributed by atoms with E-state index in [0.29, 0.717) is 43.4 Å². The van der Waals surface area contributed by atoms with Crippen molar-refractivity contribution in [1.29, 1.82) is 0 Å². The second-order valence-electron chi connectivity index (χ2n) is 4.44. The van der Waals surface area contributed by atoms with Crippen LogP contribution < -0.4 is 9.47 Å². The Balaban J connectivity index is 1.97. The van der Waals surface area contributed by atoms with Gasteiger partial charge >= 0.3 is 0 Å². The van der Waals surface area contributed by atoms with Crippen LogP contribution in [0.5, 0.6) is 11.5 Å². The first-order valence-corrected chi connectivity index (χ1v) is 6.58. The van der Waals surface area contributed by atoms with E-state index in [9.17, 15) is 4.79 Å². The summed E-state index contributed by atoms with van der Waals surface area (Å²) in [5, 5.41) is 11.5. The van der Waals surface area contributed by atoms with Gasteiger partial charge in [0.15, 0.2) is 18.1 Å². The normalized spacial score (nSPS) is 15.2. The van der Waals surface area contributed by atoms with Crippen LogP contribution >= 0.6 is 0 Å². The van der Waals surface area contributed by atoms with Crippen molar-refractivity contribution in [2.24, 2.45) is 5.16 Å². The second kappa shape index (κ2) is 7.49. The highest BCUT2D eigenvalue weighted by Gasteiger charge is 2.17. The van der Waals surface area contributed by atoms with Crippen molar-refractivity contribution in [3.8, 4) is 11.5 Å². The average Bonchev–Trinajstić information content (AvgIpc) is 2.54. The SMILES string of the molecule is COc1cc(C=NO)ccc1OCC(=O)N1CCOCC1. The Bertz CT molecular complexity index is 512. The number of amides is 1. The molecule has 0 aliphatic carbocycles. The predicted molar refractivity (Wildman–Crippen MR) is 75.3 cm³/mol. The van der Waals surface area contributed by atoms with E-state index < -0.39 is 0 Å². The third-order valence-corrected chi connectivity index (χ3v) is 3.11. The molecule has 7 nitrogen and oxygen atoms in total. The van der Waals surface area contributed by atoms with Crippen LogP contribution in [0.3, 0.4) is 0 Å². The Labute approximate surface area is 122 Å². The molecule has 0 aromatic heterocycles. The van der Waals surface area contributed by atoms with Crippen LogP contribution in [-0.4, -0.2) is 62.2 Å². The second-order valence-corrected chi connectivity index (χ2v) is 4.44. The van der Waals surface area contributed by atoms with Gasteiger partial charge in [-0.05, 0) is 18.2 Å². The first kappa shape index (κ1) is 15.1. The van der Waals surface area contributed by atoms with E-state index >= 15 is 0 Å². The van der Waals surface area contributed by atoms with Gasteiger partial charge in [0.1, 0.15) is 0 Å². The molecule has 1 fully saturated rings. The Morgan fingerprint density at radius 2 is 2.19 bits per heavy atom. The van der Waals surface area contributed by atoms with Gasteiger partial charge in [-0.25, -0.2) is 0 Å². The lowest BCUT2D eigenvalue weighted by molar-refractivity contribution is -0.137. The highest BCUT2D eigenvalue weighted by atomic mass is 16.5. The number of morpholine rings is 1. The number of ether oxygens (including phenoxy) is 3. The maximum atomic E-state index is 12.0. The maximum Gasteiger partial charge on any atom is 0.260 e. The van der Waals surface area contributed by atoms with Crippen LogP contribution in [0.15, 0.2) is 23.4 Å². The van der Waals surface area contributed by atoms with E-state index in [1.54, 1.807) is 23.1 Å². The van der Waals surface area contributed by atoms with Gasteiger partial charge in [-0.1, -0.05) is 5.16 Å². The van der Waals surface area contributed by atoms with Crippen molar-refractivity contribution < 1.29 is 24.2 Å². The molecule has 1 saturated heterocycles. The molecular weight excluding hydrogens is 276 g/mol. The summed E-state index contributed by atoms with van der Waals surface area (Å²) in [6, 6.07) is 5.04. The van der Waals surface area contributed by atoms with Gasteiger partial charge in [0, 0.05) is 18.7 Å². The molecule has 0 radical (unpaired) electrons. The lowest BCUT2D eigenvalue weighted by Crippen LogP contribution is -2.43. The number of benzene rings is 1. The molecule has 0 saturated carbocycles. The summed E-state index contributed by atoms with van der Waals surface area (Å²) in [5.41, 5.74) is 0.668. The number of carbonyl (C=O) groups is 1. The van der Waals surface area contributed by atoms with Crippen LogP contribution in [0.2, 0.25) is 0 Å². The number of rotatable bonds is 5. The zero-order chi connectivity index (χ0) is 15.1. The smallest absolute Gasteiger partial charge is 0.260 e. The van der Waals surface area contributed by atoms with Crippen LogP contribution in [0.25, 0.3) is 0 Å². The Morgan fingerprint density at radius 3 is 2.86 bits per heavy atom. The zero-order valence-corrected chi connectivity index (χ0v) is 11.8. The van der Waals surface area contributed by atoms with Gasteiger partial charge in [-0.3, -0.25) is 4.79 Å². The van der Waals surface area contributed by atoms with E-state index in [-0.39, 0.29) is 12.5 Å². The molecule has 1 N–H and O–H groups in total. The molecule has 1 amide bonds. The summed E-state index contributed by atoms with van der Waals surface area (Å²) in [5.74, 6) is 0.859. The molecular formula is C14H18N2O5. The zero-order valence-electron chi connectivity index (χ0n) is 11.8. The summed E-state index contributed by atoms with van der Waals surface area (Å²) in [6.45, 7) is 2.24. The molecule has 0 spiro atoms. The lowest BCUT2D eigenvalue weighted by atomic mass is 10.2. The number of hydrogen-bond donors (Lipinski definition) is 1. The minimum Gasteiger partial charge on any atom is -0.493 e. The van der Waals surface area contributed by atoms with E-state index in [4.69, 9.17) is 19.4 Å². The third-order valence-electron chi connectivity index (χ3n) is 3.11. The lowest BCUT2D eigenvalue weighted by Gasteiger charge is -2.26. The summed E-state index contributed by atoms with van der Waals surface area (Å²) < 4.78 is 15.9. The summed E-state index contributed by atoms with van der Waals surface area (Å²) >= 11 is 0. The van der Waals surface area contributed by atoms with Gasteiger partial charge in [0.25, 0.3) is 5.91 Å². The van der Waals surface area contributed by atoms with Crippen LogP contribution in [0.4, 0.5) is 0 Å². The fraction of sp³-hybridized carbons (Fsp3) is 0.429. The predicted octanol–water partition coefficient (Wildman–Crippen LogP) is 0.741. The molecule has 114 valence electrons. The highest BCUT2D eigenvalue weighted by molar-refractivity contribution is 5.80. The molecule has 0 unspecified atom stereocenters. The highest BCUT2D eigenvalue weighted by Crippen LogP contribution is 2.27. The largest absolute Gasteiger partial charge is 0.493 e. The fourth-order valence-electron chi connectivity index (χ4n) is 1.99. The summed E-state index contributed by atoms with van der Waals surface area (Å²) in [6.07, 6.45) is 1.28. The van der Waals surface area contributed by atoms with Gasteiger partial charge in [0.2, 0.25) is 0 Å². The monoisotopic (exact) mass is 294 g/mol. The number of carbonyl (C=O) groups excluding carboxylic acids is 1. The summed E-state index contributed by atoms with van der Waals surface area (Å²) in [4.78, 5) is 13.7. The van der Waals surface area contributed by atoms with Crippen LogP contribution in [0, 0.1) is 0 Å². The number of methoxy groups -OCH3 is 1. The van der Waals surface area contributed by atoms with Crippen LogP contribution in [-0.2, 0) is 9.53 Å². The first-order chi connectivity index (χ1) is 10.2. The number of oxime groups is 1. The van der Waals surface area contributed by atoms with Gasteiger partial charge in [0.05, 0.1) is 26.5 Å². The van der Waals surface area contributed by atoms with Crippen molar-refractivity contribution >= 4 is 12.1 Å². The Kier molecular flexibility index (Phi) is 5.39. The number of hydrogen-bond acceptors (Lipinski definition) is 6. The van der Waals surface area contributed by atoms with Crippen molar-refractivity contribution in [2.75, 3.05) is 40.0 Å². The molecule has 1 heterocycles. The summed E-state index contributed by atoms with van der Waals surface area (Å²) in [7, 11) is 1.51. The molecule has 0 bridgehead atoms. The van der Waals surface area contributed by atoms with Gasteiger partial charge < -0.3 is 24.3 Å². The van der Waals surface area contributed by atoms with E-state index in [1.165, 1.54) is 13.3 Å². The topological polar surface area (TPSA) is 80.6 Å². The van der Waals surface area contributed by atoms with E-state index in [2.05, 4.69) is 5.16 Å². The number of nitrogens with zero attached hydrogens (tertiary/aromatic N) is 2. The Hall–Kier alpha value is -2.28. The van der Waals surface area contributed by atoms with Crippen molar-refractivity contribution in [1.82, 2.24) is 4.90 Å². The molecule has 21 heavy (non-hydrogen) atoms. The minimum absolute atomic E-state index is 0.0518. The maximum absolute atomic E-state index is 12.0. The molecule has 2 rings (SSSR count).